The summed E-state index contributed by atoms with van der Waals surface area (Å²) in [5.41, 5.74) is 4.20. The molecule has 4 N–H and O–H groups in total. The Morgan fingerprint density at radius 1 is 0.927 bits per heavy atom. The summed E-state index contributed by atoms with van der Waals surface area (Å²) in [5.74, 6) is -1.33. The van der Waals surface area contributed by atoms with Crippen LogP contribution in [0.4, 0.5) is 10.5 Å². The van der Waals surface area contributed by atoms with E-state index in [0.29, 0.717) is 11.5 Å². The minimum absolute atomic E-state index is 0.216. The molecule has 0 aliphatic heterocycles. The first-order valence-electron chi connectivity index (χ1n) is 13.9. The highest BCUT2D eigenvalue weighted by Crippen LogP contribution is 2.33. The number of carbonyl (C=O) groups is 3. The fourth-order valence-corrected chi connectivity index (χ4v) is 5.33. The number of aliphatic hydroxyl groups excluding tert-OH is 1. The van der Waals surface area contributed by atoms with E-state index in [1.165, 1.54) is 37.7 Å². The highest BCUT2D eigenvalue weighted by molar-refractivity contribution is 9.10. The lowest BCUT2D eigenvalue weighted by Crippen LogP contribution is -2.40. The molecule has 41 heavy (non-hydrogen) atoms. The number of aliphatic hydroxyl groups is 1. The average molecular weight is 623 g/mol. The third-order valence-corrected chi connectivity index (χ3v) is 8.06. The van der Waals surface area contributed by atoms with E-state index in [-0.39, 0.29) is 18.6 Å². The van der Waals surface area contributed by atoms with Crippen LogP contribution in [0.15, 0.2) is 77.3 Å². The standard InChI is InChI=1S/C32H36BrN3O5/c1-21(23-11-15-27(33)16-12-23)35-32(41)36(28-17-13-25(14-18-28)24-5-3-2-4-6-24)20-22-7-9-26(10-8-22)30(38)34-19-29(37)31(39)40/h7-18,21,24,29,37H,2-6,19-20H2,1H3,(H,34,38)(H,35,41)(H,39,40)/t21?,29-/m1/s1. The van der Waals surface area contributed by atoms with Crippen molar-refractivity contribution in [2.75, 3.05) is 11.4 Å². The van der Waals surface area contributed by atoms with Crippen molar-refractivity contribution in [3.05, 3.63) is 99.5 Å². The molecular weight excluding hydrogens is 586 g/mol. The summed E-state index contributed by atoms with van der Waals surface area (Å²) in [6.07, 6.45) is 4.53. The summed E-state index contributed by atoms with van der Waals surface area (Å²) >= 11 is 3.45. The minimum atomic E-state index is -1.67. The van der Waals surface area contributed by atoms with Gasteiger partial charge in [0.2, 0.25) is 0 Å². The van der Waals surface area contributed by atoms with Gasteiger partial charge in [-0.3, -0.25) is 9.69 Å². The monoisotopic (exact) mass is 621 g/mol. The topological polar surface area (TPSA) is 119 Å². The summed E-state index contributed by atoms with van der Waals surface area (Å²) in [5, 5.41) is 23.7. The van der Waals surface area contributed by atoms with Crippen LogP contribution in [-0.2, 0) is 11.3 Å². The Bertz CT molecular complexity index is 1320. The number of rotatable bonds is 10. The van der Waals surface area contributed by atoms with Crippen molar-refractivity contribution in [2.45, 2.75) is 63.6 Å². The van der Waals surface area contributed by atoms with Crippen molar-refractivity contribution in [2.24, 2.45) is 0 Å². The molecule has 1 fully saturated rings. The van der Waals surface area contributed by atoms with Gasteiger partial charge in [0.25, 0.3) is 5.91 Å². The van der Waals surface area contributed by atoms with E-state index in [1.807, 2.05) is 43.3 Å². The van der Waals surface area contributed by atoms with E-state index in [2.05, 4.69) is 38.7 Å². The third-order valence-electron chi connectivity index (χ3n) is 7.53. The molecule has 1 saturated carbocycles. The Hall–Kier alpha value is -3.69. The number of nitrogens with one attached hydrogen (secondary N) is 2. The third kappa shape index (κ3) is 8.41. The van der Waals surface area contributed by atoms with Crippen LogP contribution in [0.5, 0.6) is 0 Å². The van der Waals surface area contributed by atoms with Crippen molar-refractivity contribution >= 4 is 39.5 Å². The van der Waals surface area contributed by atoms with Gasteiger partial charge in [-0.25, -0.2) is 9.59 Å². The highest BCUT2D eigenvalue weighted by Gasteiger charge is 2.21. The number of aliphatic carboxylic acids is 1. The second-order valence-electron chi connectivity index (χ2n) is 10.5. The number of carboxylic acids is 1. The van der Waals surface area contributed by atoms with Crippen molar-refractivity contribution in [1.82, 2.24) is 10.6 Å². The minimum Gasteiger partial charge on any atom is -0.479 e. The van der Waals surface area contributed by atoms with Crippen LogP contribution < -0.4 is 15.5 Å². The Morgan fingerprint density at radius 2 is 1.56 bits per heavy atom. The van der Waals surface area contributed by atoms with Gasteiger partial charge >= 0.3 is 12.0 Å². The molecular formula is C32H36BrN3O5. The first kappa shape index (κ1) is 30.3. The maximum Gasteiger partial charge on any atom is 0.334 e. The molecule has 1 aliphatic rings. The zero-order valence-electron chi connectivity index (χ0n) is 23.1. The molecule has 1 aliphatic carbocycles. The molecule has 2 atom stereocenters. The second kappa shape index (κ2) is 14.3. The predicted molar refractivity (Wildman–Crippen MR) is 162 cm³/mol. The Kier molecular flexibility index (Phi) is 10.5. The summed E-state index contributed by atoms with van der Waals surface area (Å²) in [7, 11) is 0. The number of anilines is 1. The summed E-state index contributed by atoms with van der Waals surface area (Å²) in [4.78, 5) is 38.5. The first-order valence-corrected chi connectivity index (χ1v) is 14.7. The number of nitrogens with zero attached hydrogens (tertiary/aromatic N) is 1. The van der Waals surface area contributed by atoms with Gasteiger partial charge in [0.1, 0.15) is 0 Å². The lowest BCUT2D eigenvalue weighted by atomic mass is 9.84. The molecule has 3 aromatic rings. The Morgan fingerprint density at radius 3 is 2.17 bits per heavy atom. The Balaban J connectivity index is 1.50. The van der Waals surface area contributed by atoms with E-state index in [4.69, 9.17) is 5.11 Å². The normalized spacial score (nSPS) is 15.0. The van der Waals surface area contributed by atoms with Crippen molar-refractivity contribution in [3.63, 3.8) is 0 Å². The number of hydrogen-bond donors (Lipinski definition) is 4. The van der Waals surface area contributed by atoms with E-state index in [9.17, 15) is 19.5 Å². The lowest BCUT2D eigenvalue weighted by molar-refractivity contribution is -0.146. The van der Waals surface area contributed by atoms with Gasteiger partial charge < -0.3 is 20.8 Å². The van der Waals surface area contributed by atoms with E-state index >= 15 is 0 Å². The molecule has 0 spiro atoms. The molecule has 0 radical (unpaired) electrons. The smallest absolute Gasteiger partial charge is 0.334 e. The van der Waals surface area contributed by atoms with E-state index in [0.717, 1.165) is 21.3 Å². The molecule has 1 unspecified atom stereocenters. The van der Waals surface area contributed by atoms with Gasteiger partial charge in [0, 0.05) is 15.7 Å². The molecule has 8 nitrogen and oxygen atoms in total. The molecule has 0 heterocycles. The summed E-state index contributed by atoms with van der Waals surface area (Å²) in [6, 6.07) is 22.4. The van der Waals surface area contributed by atoms with Crippen LogP contribution in [0.2, 0.25) is 0 Å². The van der Waals surface area contributed by atoms with Gasteiger partial charge in [0.05, 0.1) is 19.1 Å². The molecule has 3 amide bonds. The second-order valence-corrected chi connectivity index (χ2v) is 11.4. The number of amides is 3. The number of carboxylic acid groups (broad SMARTS) is 1. The molecule has 216 valence electrons. The molecule has 0 aromatic heterocycles. The summed E-state index contributed by atoms with van der Waals surface area (Å²) < 4.78 is 0.967. The van der Waals surface area contributed by atoms with E-state index < -0.39 is 24.5 Å². The van der Waals surface area contributed by atoms with Crippen LogP contribution in [0, 0.1) is 0 Å². The van der Waals surface area contributed by atoms with Gasteiger partial charge in [-0.1, -0.05) is 71.6 Å². The van der Waals surface area contributed by atoms with Gasteiger partial charge in [-0.05, 0) is 78.8 Å². The lowest BCUT2D eigenvalue weighted by Gasteiger charge is -2.27. The first-order chi connectivity index (χ1) is 19.7. The zero-order valence-corrected chi connectivity index (χ0v) is 24.6. The fraction of sp³-hybridized carbons (Fsp3) is 0.344. The van der Waals surface area contributed by atoms with Crippen molar-refractivity contribution < 1.29 is 24.6 Å². The maximum absolute atomic E-state index is 13.6. The highest BCUT2D eigenvalue weighted by atomic mass is 79.9. The van der Waals surface area contributed by atoms with Crippen LogP contribution in [-0.4, -0.2) is 40.8 Å². The Labute approximate surface area is 248 Å². The predicted octanol–water partition coefficient (Wildman–Crippen LogP) is 6.15. The maximum atomic E-state index is 13.6. The van der Waals surface area contributed by atoms with Crippen LogP contribution >= 0.6 is 15.9 Å². The molecule has 0 saturated heterocycles. The van der Waals surface area contributed by atoms with Crippen molar-refractivity contribution in [3.8, 4) is 0 Å². The largest absolute Gasteiger partial charge is 0.479 e. The number of halogens is 1. The number of urea groups is 1. The SMILES string of the molecule is CC(NC(=O)N(Cc1ccc(C(=O)NC[C@@H](O)C(=O)O)cc1)c1ccc(C2CCCCC2)cc1)c1ccc(Br)cc1. The van der Waals surface area contributed by atoms with E-state index in [1.54, 1.807) is 29.2 Å². The van der Waals surface area contributed by atoms with Crippen LogP contribution in [0.3, 0.4) is 0 Å². The van der Waals surface area contributed by atoms with Gasteiger partial charge in [-0.15, -0.1) is 0 Å². The average Bonchev–Trinajstić information content (AvgIpc) is 2.99. The molecule has 9 heteroatoms. The number of hydrogen-bond acceptors (Lipinski definition) is 4. The molecule has 3 aromatic carbocycles. The van der Waals surface area contributed by atoms with Crippen LogP contribution in [0.1, 0.15) is 78.0 Å². The van der Waals surface area contributed by atoms with Gasteiger partial charge in [-0.2, -0.15) is 0 Å². The quantitative estimate of drug-likeness (QED) is 0.216. The van der Waals surface area contributed by atoms with Crippen LogP contribution in [0.25, 0.3) is 0 Å². The summed E-state index contributed by atoms with van der Waals surface area (Å²) in [6.45, 7) is 1.83. The molecule has 4 rings (SSSR count). The van der Waals surface area contributed by atoms with Gasteiger partial charge in [0.15, 0.2) is 6.10 Å². The number of benzene rings is 3. The van der Waals surface area contributed by atoms with Crippen molar-refractivity contribution in [1.29, 1.82) is 0 Å². The fourth-order valence-electron chi connectivity index (χ4n) is 5.06. The zero-order chi connectivity index (χ0) is 29.4. The number of carbonyl (C=O) groups excluding carboxylic acids is 2. The molecule has 0 bridgehead atoms.